The van der Waals surface area contributed by atoms with Gasteiger partial charge in [-0.3, -0.25) is 0 Å². The van der Waals surface area contributed by atoms with Crippen LogP contribution in [0, 0.1) is 0 Å². The summed E-state index contributed by atoms with van der Waals surface area (Å²) in [5.41, 5.74) is 0.111. The van der Waals surface area contributed by atoms with Crippen molar-refractivity contribution in [3.63, 3.8) is 0 Å². The van der Waals surface area contributed by atoms with Crippen LogP contribution in [0.3, 0.4) is 0 Å². The Morgan fingerprint density at radius 1 is 0.879 bits per heavy atom. The van der Waals surface area contributed by atoms with Crippen molar-refractivity contribution in [2.75, 3.05) is 7.11 Å². The van der Waals surface area contributed by atoms with Crippen molar-refractivity contribution in [3.8, 4) is 11.1 Å². The van der Waals surface area contributed by atoms with Gasteiger partial charge in [0.2, 0.25) is 0 Å². The van der Waals surface area contributed by atoms with Gasteiger partial charge < -0.3 is 4.84 Å². The van der Waals surface area contributed by atoms with Crippen molar-refractivity contribution >= 4 is 16.5 Å². The Labute approximate surface area is 182 Å². The molecule has 3 aromatic carbocycles. The van der Waals surface area contributed by atoms with E-state index in [2.05, 4.69) is 9.99 Å². The zero-order chi connectivity index (χ0) is 24.2. The molecule has 0 aliphatic heterocycles. The van der Waals surface area contributed by atoms with Gasteiger partial charge in [0.15, 0.2) is 5.71 Å². The number of rotatable bonds is 6. The molecule has 0 saturated carbocycles. The summed E-state index contributed by atoms with van der Waals surface area (Å²) in [7, 11) is 0.745. The molecule has 33 heavy (non-hydrogen) atoms. The highest BCUT2D eigenvalue weighted by molar-refractivity contribution is 6.08. The third-order valence-corrected chi connectivity index (χ3v) is 5.61. The van der Waals surface area contributed by atoms with E-state index in [1.54, 1.807) is 12.1 Å². The molecular weight excluding hydrogens is 458 g/mol. The standard InChI is InChI=1S/C23H15F8NO/c1-33-32-19(21(26,27)23(30,31)22(28,29)20(24)25)15-9-8-13-10-14-6-2-4-12-5-3-7-16(18(12)14)17(13)11-15/h2-9,11,20H,10H2,1H3. The van der Waals surface area contributed by atoms with Gasteiger partial charge in [-0.25, -0.2) is 8.78 Å². The van der Waals surface area contributed by atoms with Crippen LogP contribution in [0.5, 0.6) is 0 Å². The summed E-state index contributed by atoms with van der Waals surface area (Å²) in [6, 6.07) is 14.3. The van der Waals surface area contributed by atoms with Gasteiger partial charge in [0, 0.05) is 5.56 Å². The number of nitrogens with zero attached hydrogens (tertiary/aromatic N) is 1. The van der Waals surface area contributed by atoms with E-state index in [1.165, 1.54) is 6.07 Å². The minimum atomic E-state index is -6.45. The average molecular weight is 473 g/mol. The molecule has 2 nitrogen and oxygen atoms in total. The Hall–Kier alpha value is -3.17. The fourth-order valence-corrected chi connectivity index (χ4v) is 4.00. The third kappa shape index (κ3) is 3.34. The molecule has 3 aromatic rings. The molecule has 174 valence electrons. The summed E-state index contributed by atoms with van der Waals surface area (Å²) >= 11 is 0. The highest BCUT2D eigenvalue weighted by Gasteiger charge is 2.77. The number of fused-ring (bicyclic) bond motifs is 2. The lowest BCUT2D eigenvalue weighted by Gasteiger charge is -2.32. The second kappa shape index (κ2) is 7.71. The molecule has 0 unspecified atom stereocenters. The molecule has 0 heterocycles. The first kappa shape index (κ1) is 23.0. The maximum absolute atomic E-state index is 14.7. The van der Waals surface area contributed by atoms with Crippen molar-refractivity contribution in [1.29, 1.82) is 0 Å². The zero-order valence-corrected chi connectivity index (χ0v) is 16.9. The predicted molar refractivity (Wildman–Crippen MR) is 107 cm³/mol. The lowest BCUT2D eigenvalue weighted by molar-refractivity contribution is -0.319. The molecular formula is C23H15F8NO. The van der Waals surface area contributed by atoms with Gasteiger partial charge in [-0.1, -0.05) is 53.7 Å². The minimum Gasteiger partial charge on any atom is -0.399 e. The maximum atomic E-state index is 14.7. The lowest BCUT2D eigenvalue weighted by atomic mass is 9.82. The van der Waals surface area contributed by atoms with E-state index in [0.717, 1.165) is 35.6 Å². The Morgan fingerprint density at radius 2 is 1.55 bits per heavy atom. The normalized spacial score (nSPS) is 14.5. The van der Waals surface area contributed by atoms with E-state index in [0.29, 0.717) is 23.1 Å². The molecule has 0 radical (unpaired) electrons. The van der Waals surface area contributed by atoms with Crippen LogP contribution in [-0.2, 0) is 11.3 Å². The Balaban J connectivity index is 1.89. The molecule has 0 saturated heterocycles. The monoisotopic (exact) mass is 473 g/mol. The first-order chi connectivity index (χ1) is 15.4. The highest BCUT2D eigenvalue weighted by Crippen LogP contribution is 2.50. The fraction of sp³-hybridized carbons (Fsp3) is 0.261. The van der Waals surface area contributed by atoms with Crippen LogP contribution in [0.15, 0.2) is 59.8 Å². The fourth-order valence-electron chi connectivity index (χ4n) is 4.00. The summed E-state index contributed by atoms with van der Waals surface area (Å²) in [4.78, 5) is 4.21. The number of hydrogen-bond donors (Lipinski definition) is 0. The highest BCUT2D eigenvalue weighted by atomic mass is 19.4. The predicted octanol–water partition coefficient (Wildman–Crippen LogP) is 6.93. The van der Waals surface area contributed by atoms with Crippen LogP contribution in [0.2, 0.25) is 0 Å². The molecule has 1 aliphatic rings. The van der Waals surface area contributed by atoms with E-state index in [1.807, 2.05) is 24.3 Å². The zero-order valence-electron chi connectivity index (χ0n) is 16.9. The van der Waals surface area contributed by atoms with Crippen molar-refractivity contribution in [2.24, 2.45) is 5.16 Å². The molecule has 0 amide bonds. The molecule has 0 fully saturated rings. The van der Waals surface area contributed by atoms with Gasteiger partial charge in [0.1, 0.15) is 7.11 Å². The van der Waals surface area contributed by atoms with Gasteiger partial charge in [-0.15, -0.1) is 0 Å². The summed E-state index contributed by atoms with van der Waals surface area (Å²) in [5, 5.41) is 4.55. The Kier molecular flexibility index (Phi) is 5.37. The van der Waals surface area contributed by atoms with Crippen molar-refractivity contribution in [3.05, 3.63) is 71.3 Å². The van der Waals surface area contributed by atoms with Gasteiger partial charge in [0.05, 0.1) is 0 Å². The van der Waals surface area contributed by atoms with Crippen LogP contribution in [-0.4, -0.2) is 37.0 Å². The van der Waals surface area contributed by atoms with Crippen LogP contribution in [0.25, 0.3) is 21.9 Å². The van der Waals surface area contributed by atoms with E-state index >= 15 is 0 Å². The van der Waals surface area contributed by atoms with Crippen molar-refractivity contribution in [2.45, 2.75) is 30.6 Å². The van der Waals surface area contributed by atoms with Crippen LogP contribution >= 0.6 is 0 Å². The number of benzene rings is 3. The SMILES string of the molecule is CON=C(c1ccc2c(c1)-c1cccc3cccc(c13)C2)C(F)(F)C(F)(F)C(F)(F)C(F)F. The molecule has 0 atom stereocenters. The van der Waals surface area contributed by atoms with Crippen LogP contribution in [0.4, 0.5) is 35.1 Å². The smallest absolute Gasteiger partial charge is 0.383 e. The molecule has 1 aliphatic carbocycles. The number of alkyl halides is 8. The molecule has 0 N–H and O–H groups in total. The lowest BCUT2D eigenvalue weighted by Crippen LogP contribution is -2.60. The number of halogens is 8. The van der Waals surface area contributed by atoms with E-state index < -0.39 is 35.5 Å². The first-order valence-electron chi connectivity index (χ1n) is 9.61. The van der Waals surface area contributed by atoms with E-state index in [9.17, 15) is 35.1 Å². The van der Waals surface area contributed by atoms with Crippen LogP contribution < -0.4 is 0 Å². The van der Waals surface area contributed by atoms with Gasteiger partial charge in [0.25, 0.3) is 0 Å². The van der Waals surface area contributed by atoms with Crippen LogP contribution in [0.1, 0.15) is 16.7 Å². The van der Waals surface area contributed by atoms with E-state index in [-0.39, 0.29) is 0 Å². The summed E-state index contributed by atoms with van der Waals surface area (Å²) in [6.07, 6.45) is -4.61. The second-order valence-corrected chi connectivity index (χ2v) is 7.56. The largest absolute Gasteiger partial charge is 0.399 e. The molecule has 0 aromatic heterocycles. The maximum Gasteiger partial charge on any atom is 0.383 e. The summed E-state index contributed by atoms with van der Waals surface area (Å²) < 4.78 is 110. The summed E-state index contributed by atoms with van der Waals surface area (Å²) in [6.45, 7) is 0. The first-order valence-corrected chi connectivity index (χ1v) is 9.61. The summed E-state index contributed by atoms with van der Waals surface area (Å²) in [5.74, 6) is -18.5. The minimum absolute atomic E-state index is 0.403. The van der Waals surface area contributed by atoms with E-state index in [4.69, 9.17) is 0 Å². The number of oxime groups is 1. The topological polar surface area (TPSA) is 21.6 Å². The quantitative estimate of drug-likeness (QED) is 0.169. The Bertz CT molecular complexity index is 1250. The van der Waals surface area contributed by atoms with Gasteiger partial charge in [-0.2, -0.15) is 26.3 Å². The van der Waals surface area contributed by atoms with Crippen molar-refractivity contribution < 1.29 is 40.0 Å². The molecule has 4 rings (SSSR count). The third-order valence-electron chi connectivity index (χ3n) is 5.61. The second-order valence-electron chi connectivity index (χ2n) is 7.56. The van der Waals surface area contributed by atoms with Gasteiger partial charge >= 0.3 is 24.2 Å². The molecule has 0 bridgehead atoms. The molecule has 0 spiro atoms. The number of hydrogen-bond acceptors (Lipinski definition) is 2. The van der Waals surface area contributed by atoms with Gasteiger partial charge in [-0.05, 0) is 45.5 Å². The molecule has 10 heteroatoms. The van der Waals surface area contributed by atoms with Crippen molar-refractivity contribution in [1.82, 2.24) is 0 Å². The Morgan fingerprint density at radius 3 is 2.18 bits per heavy atom. The average Bonchev–Trinajstić information content (AvgIpc) is 2.77.